The van der Waals surface area contributed by atoms with Crippen molar-refractivity contribution in [2.24, 2.45) is 0 Å². The molecule has 0 saturated carbocycles. The van der Waals surface area contributed by atoms with Gasteiger partial charge in [0.25, 0.3) is 5.91 Å². The van der Waals surface area contributed by atoms with Gasteiger partial charge in [-0.1, -0.05) is 30.0 Å². The van der Waals surface area contributed by atoms with Crippen LogP contribution in [0.25, 0.3) is 5.57 Å². The Balaban J connectivity index is 0.865. The van der Waals surface area contributed by atoms with Gasteiger partial charge in [-0.25, -0.2) is 24.5 Å². The summed E-state index contributed by atoms with van der Waals surface area (Å²) < 4.78 is 5.39. The number of hydrogen-bond acceptors (Lipinski definition) is 11. The van der Waals surface area contributed by atoms with Crippen molar-refractivity contribution in [1.82, 2.24) is 25.2 Å². The molecule has 0 unspecified atom stereocenters. The first-order valence-electron chi connectivity index (χ1n) is 19.4. The Morgan fingerprint density at radius 3 is 2.29 bits per heavy atom. The van der Waals surface area contributed by atoms with Gasteiger partial charge < -0.3 is 30.3 Å². The second kappa shape index (κ2) is 17.2. The smallest absolute Gasteiger partial charge is 0.408 e. The average Bonchev–Trinajstić information content (AvgIpc) is 3.21. The summed E-state index contributed by atoms with van der Waals surface area (Å²) in [4.78, 5) is 57.6. The number of carboxylic acids is 1. The summed E-state index contributed by atoms with van der Waals surface area (Å²) in [6, 6.07) is 19.4. The van der Waals surface area contributed by atoms with E-state index in [0.29, 0.717) is 28.1 Å². The van der Waals surface area contributed by atoms with Crippen molar-refractivity contribution in [2.75, 3.05) is 41.3 Å². The van der Waals surface area contributed by atoms with Gasteiger partial charge in [-0.2, -0.15) is 0 Å². The molecule has 0 atom stereocenters. The lowest BCUT2D eigenvalue weighted by molar-refractivity contribution is 0.0498. The van der Waals surface area contributed by atoms with E-state index >= 15 is 0 Å². The van der Waals surface area contributed by atoms with Gasteiger partial charge in [-0.15, -0.1) is 0 Å². The van der Waals surface area contributed by atoms with E-state index < -0.39 is 23.2 Å². The Hall–Kier alpha value is -5.99. The van der Waals surface area contributed by atoms with Crippen LogP contribution in [0.3, 0.4) is 0 Å². The van der Waals surface area contributed by atoms with Crippen LogP contribution in [-0.4, -0.2) is 86.3 Å². The molecule has 2 aromatic heterocycles. The van der Waals surface area contributed by atoms with Crippen molar-refractivity contribution < 1.29 is 24.2 Å². The number of piperidine rings is 1. The molecule has 7 rings (SSSR count). The summed E-state index contributed by atoms with van der Waals surface area (Å²) in [7, 11) is 0. The molecular formula is C44H48N8O5S. The van der Waals surface area contributed by atoms with E-state index in [0.717, 1.165) is 61.6 Å². The number of carbonyl (C=O) groups is 3. The fraction of sp³-hybridized carbons (Fsp3) is 0.318. The number of pyridine rings is 1. The number of benzene rings is 2. The number of carboxylic acid groups (broad SMARTS) is 1. The molecule has 14 heteroatoms. The molecule has 0 bridgehead atoms. The van der Waals surface area contributed by atoms with Crippen LogP contribution in [0.15, 0.2) is 120 Å². The van der Waals surface area contributed by atoms with Crippen LogP contribution in [-0.2, 0) is 4.74 Å². The number of alkyl carbamates (subject to hydrolysis) is 1. The zero-order valence-corrected chi connectivity index (χ0v) is 33.9. The topological polar surface area (TPSA) is 153 Å². The lowest BCUT2D eigenvalue weighted by atomic mass is 9.96. The normalized spacial score (nSPS) is 17.1. The largest absolute Gasteiger partial charge is 0.477 e. The minimum atomic E-state index is -1.01. The van der Waals surface area contributed by atoms with E-state index in [1.54, 1.807) is 24.7 Å². The number of ether oxygens (including phenoxy) is 1. The van der Waals surface area contributed by atoms with E-state index in [1.165, 1.54) is 17.3 Å². The number of nitrogens with zero attached hydrogens (tertiary/aromatic N) is 6. The van der Waals surface area contributed by atoms with Crippen LogP contribution < -0.4 is 20.4 Å². The first-order valence-corrected chi connectivity index (χ1v) is 20.2. The first kappa shape index (κ1) is 40.2. The third kappa shape index (κ3) is 10.3. The monoisotopic (exact) mass is 800 g/mol. The van der Waals surface area contributed by atoms with Gasteiger partial charge in [-0.05, 0) is 119 Å². The number of nitrogens with one attached hydrogen (secondary N) is 2. The average molecular weight is 801 g/mol. The maximum absolute atomic E-state index is 13.2. The number of hydrogen-bond donors (Lipinski definition) is 3. The minimum absolute atomic E-state index is 0.0624. The Labute approximate surface area is 342 Å². The first-order chi connectivity index (χ1) is 27.8. The third-order valence-electron chi connectivity index (χ3n) is 10.2. The molecule has 1 saturated heterocycles. The predicted molar refractivity (Wildman–Crippen MR) is 226 cm³/mol. The van der Waals surface area contributed by atoms with Crippen molar-refractivity contribution in [3.63, 3.8) is 0 Å². The van der Waals surface area contributed by atoms with Crippen molar-refractivity contribution in [3.05, 3.63) is 127 Å². The molecule has 3 N–H and O–H groups in total. The number of rotatable bonds is 10. The van der Waals surface area contributed by atoms with Gasteiger partial charge in [0.15, 0.2) is 5.82 Å². The van der Waals surface area contributed by atoms with Gasteiger partial charge >= 0.3 is 12.1 Å². The van der Waals surface area contributed by atoms with E-state index in [9.17, 15) is 14.4 Å². The number of amides is 2. The van der Waals surface area contributed by atoms with E-state index in [-0.39, 0.29) is 11.6 Å². The Morgan fingerprint density at radius 2 is 1.67 bits per heavy atom. The molecule has 13 nitrogen and oxygen atoms in total. The molecule has 58 heavy (non-hydrogen) atoms. The zero-order valence-electron chi connectivity index (χ0n) is 33.1. The van der Waals surface area contributed by atoms with Crippen molar-refractivity contribution in [2.45, 2.75) is 74.1 Å². The molecule has 0 radical (unpaired) electrons. The lowest BCUT2D eigenvalue weighted by Crippen LogP contribution is -2.46. The maximum atomic E-state index is 13.2. The van der Waals surface area contributed by atoms with Gasteiger partial charge in [-0.3, -0.25) is 9.69 Å². The summed E-state index contributed by atoms with van der Waals surface area (Å²) in [5, 5.41) is 15.7. The molecule has 3 aliphatic heterocycles. The Bertz CT molecular complexity index is 2200. The number of aromatic carboxylic acids is 1. The zero-order chi connectivity index (χ0) is 40.9. The summed E-state index contributed by atoms with van der Waals surface area (Å²) >= 11 is 1.45. The van der Waals surface area contributed by atoms with Crippen LogP contribution in [0.5, 0.6) is 0 Å². The van der Waals surface area contributed by atoms with Crippen LogP contribution in [0.1, 0.15) is 73.4 Å². The molecule has 3 aliphatic rings. The highest BCUT2D eigenvalue weighted by Gasteiger charge is 2.28. The highest BCUT2D eigenvalue weighted by molar-refractivity contribution is 7.99. The number of anilines is 3. The van der Waals surface area contributed by atoms with E-state index in [1.807, 2.05) is 112 Å². The quantitative estimate of drug-likeness (QED) is 0.143. The fourth-order valence-electron chi connectivity index (χ4n) is 7.09. The Morgan fingerprint density at radius 1 is 0.914 bits per heavy atom. The van der Waals surface area contributed by atoms with Crippen LogP contribution in [0.2, 0.25) is 0 Å². The summed E-state index contributed by atoms with van der Waals surface area (Å²) in [5.41, 5.74) is 3.37. The van der Waals surface area contributed by atoms with Crippen LogP contribution in [0.4, 0.5) is 22.0 Å². The van der Waals surface area contributed by atoms with E-state index in [4.69, 9.17) is 9.84 Å². The standard InChI is InChI=1S/C44H48N8O5S/c1-43(2,3)57-42(56)49-44(4)18-24-52(25-19-44)38-28-47-39(29-46-38)58-36-7-5-6-33(26-36)48-40(53)31-8-11-34(12-9-31)51-22-16-35(17-23-51)50-20-14-30(15-21-50)32-10-13-37(41(54)55)45-27-32/h5-14,18-19,24-29,35H,15-17,20-23H2,1-4H3,(H,48,53)(H,49,56)(H,54,55). The number of carbonyl (C=O) groups excluding carboxylic acids is 2. The van der Waals surface area contributed by atoms with Crippen LogP contribution >= 0.6 is 11.8 Å². The molecule has 2 amide bonds. The molecule has 1 fully saturated rings. The summed E-state index contributed by atoms with van der Waals surface area (Å²) in [5.74, 6) is -0.565. The van der Waals surface area contributed by atoms with Gasteiger partial charge in [0.05, 0.1) is 17.9 Å². The highest BCUT2D eigenvalue weighted by Crippen LogP contribution is 2.31. The molecule has 0 aliphatic carbocycles. The summed E-state index contributed by atoms with van der Waals surface area (Å²) in [6.45, 7) is 11.1. The van der Waals surface area contributed by atoms with E-state index in [2.05, 4.69) is 41.5 Å². The van der Waals surface area contributed by atoms with Gasteiger partial charge in [0, 0.05) is 72.7 Å². The van der Waals surface area contributed by atoms with Crippen molar-refractivity contribution in [1.29, 1.82) is 0 Å². The second-order valence-electron chi connectivity index (χ2n) is 15.7. The second-order valence-corrected chi connectivity index (χ2v) is 16.8. The molecule has 300 valence electrons. The maximum Gasteiger partial charge on any atom is 0.408 e. The van der Waals surface area contributed by atoms with Gasteiger partial charge in [0.2, 0.25) is 0 Å². The van der Waals surface area contributed by atoms with Gasteiger partial charge in [0.1, 0.15) is 16.3 Å². The minimum Gasteiger partial charge on any atom is -0.477 e. The van der Waals surface area contributed by atoms with Crippen LogP contribution in [0, 0.1) is 0 Å². The lowest BCUT2D eigenvalue weighted by Gasteiger charge is -2.40. The molecule has 5 heterocycles. The molecule has 0 spiro atoms. The third-order valence-corrected chi connectivity index (χ3v) is 11.1. The molecular weight excluding hydrogens is 753 g/mol. The number of aromatic nitrogens is 3. The predicted octanol–water partition coefficient (Wildman–Crippen LogP) is 7.86. The summed E-state index contributed by atoms with van der Waals surface area (Å²) in [6.07, 6.45) is 17.2. The van der Waals surface area contributed by atoms with Crippen molar-refractivity contribution in [3.8, 4) is 0 Å². The molecule has 4 aromatic rings. The highest BCUT2D eigenvalue weighted by atomic mass is 32.2. The fourth-order valence-corrected chi connectivity index (χ4v) is 7.88. The SMILES string of the molecule is CC1(NC(=O)OC(C)(C)C)C=CN(c2cnc(Sc3cccc(NC(=O)c4ccc(N5CCC(N6CC=C(c7ccc(C(=O)O)nc7)CC6)CC5)cc4)c3)cn2)C=C1. The Kier molecular flexibility index (Phi) is 12.0. The van der Waals surface area contributed by atoms with Crippen molar-refractivity contribution >= 4 is 52.5 Å². The molecule has 2 aromatic carbocycles.